The van der Waals surface area contributed by atoms with E-state index in [2.05, 4.69) is 17.4 Å². The molecule has 5 nitrogen and oxygen atoms in total. The van der Waals surface area contributed by atoms with Gasteiger partial charge in [-0.15, -0.1) is 0 Å². The summed E-state index contributed by atoms with van der Waals surface area (Å²) in [6, 6.07) is 16.6. The molecule has 1 amide bonds. The van der Waals surface area contributed by atoms with E-state index in [0.717, 1.165) is 22.7 Å². The number of carbonyl (C=O) groups excluding carboxylic acids is 1. The molecule has 0 bridgehead atoms. The third-order valence-electron chi connectivity index (χ3n) is 4.21. The summed E-state index contributed by atoms with van der Waals surface area (Å²) in [5, 5.41) is 2.87. The molecular formula is C20H26N2O3S. The Kier molecular flexibility index (Phi) is 6.94. The van der Waals surface area contributed by atoms with Crippen molar-refractivity contribution in [2.75, 3.05) is 13.6 Å². The number of hydrogen-bond donors (Lipinski definition) is 1. The standard InChI is InChI=1S/C20H26N2O3S/c1-16-9-13-19(14-10-16)26(24,25)22(3)15-20(23)21-17(2)11-12-18-7-5-4-6-8-18/h4-10,13-14,17H,11-12,15H2,1-3H3,(H,21,23)/t17-/m1/s1. The summed E-state index contributed by atoms with van der Waals surface area (Å²) in [6.45, 7) is 3.62. The van der Waals surface area contributed by atoms with Crippen LogP contribution in [-0.4, -0.2) is 38.3 Å². The summed E-state index contributed by atoms with van der Waals surface area (Å²) in [5.41, 5.74) is 2.20. The van der Waals surface area contributed by atoms with Crippen LogP contribution in [0.4, 0.5) is 0 Å². The fourth-order valence-electron chi connectivity index (χ4n) is 2.60. The Balaban J connectivity index is 1.86. The first-order valence-corrected chi connectivity index (χ1v) is 10.1. The number of hydrogen-bond acceptors (Lipinski definition) is 3. The number of nitrogens with zero attached hydrogens (tertiary/aromatic N) is 1. The van der Waals surface area contributed by atoms with Crippen molar-refractivity contribution in [3.05, 3.63) is 65.7 Å². The second kappa shape index (κ2) is 8.96. The molecule has 0 radical (unpaired) electrons. The minimum atomic E-state index is -3.67. The Labute approximate surface area is 156 Å². The molecule has 0 heterocycles. The average Bonchev–Trinajstić information content (AvgIpc) is 2.61. The van der Waals surface area contributed by atoms with Crippen molar-refractivity contribution in [2.24, 2.45) is 0 Å². The zero-order valence-electron chi connectivity index (χ0n) is 15.5. The maximum absolute atomic E-state index is 12.5. The fourth-order valence-corrected chi connectivity index (χ4v) is 3.73. The number of aryl methyl sites for hydroxylation is 2. The Bertz CT molecular complexity index is 818. The van der Waals surface area contributed by atoms with Crippen molar-refractivity contribution < 1.29 is 13.2 Å². The summed E-state index contributed by atoms with van der Waals surface area (Å²) in [4.78, 5) is 12.4. The minimum Gasteiger partial charge on any atom is -0.352 e. The molecule has 26 heavy (non-hydrogen) atoms. The van der Waals surface area contributed by atoms with Gasteiger partial charge in [-0.2, -0.15) is 4.31 Å². The lowest BCUT2D eigenvalue weighted by Crippen LogP contribution is -2.41. The lowest BCUT2D eigenvalue weighted by atomic mass is 10.1. The van der Waals surface area contributed by atoms with Gasteiger partial charge in [0.2, 0.25) is 15.9 Å². The van der Waals surface area contributed by atoms with Gasteiger partial charge in [0.15, 0.2) is 0 Å². The quantitative estimate of drug-likeness (QED) is 0.773. The molecule has 2 aromatic rings. The molecule has 1 atom stereocenters. The van der Waals surface area contributed by atoms with Crippen LogP contribution in [0.5, 0.6) is 0 Å². The molecule has 2 rings (SSSR count). The molecule has 6 heteroatoms. The van der Waals surface area contributed by atoms with E-state index in [0.29, 0.717) is 0 Å². The van der Waals surface area contributed by atoms with Gasteiger partial charge in [-0.25, -0.2) is 8.42 Å². The summed E-state index contributed by atoms with van der Waals surface area (Å²) in [5.74, 6) is -0.302. The van der Waals surface area contributed by atoms with Gasteiger partial charge in [0.1, 0.15) is 0 Å². The van der Waals surface area contributed by atoms with Crippen LogP contribution in [0.3, 0.4) is 0 Å². The van der Waals surface area contributed by atoms with Crippen molar-refractivity contribution >= 4 is 15.9 Å². The van der Waals surface area contributed by atoms with Crippen molar-refractivity contribution in [3.63, 3.8) is 0 Å². The Morgan fingerprint density at radius 2 is 1.69 bits per heavy atom. The summed E-state index contributed by atoms with van der Waals surface area (Å²) in [7, 11) is -2.25. The summed E-state index contributed by atoms with van der Waals surface area (Å²) < 4.78 is 26.1. The van der Waals surface area contributed by atoms with E-state index < -0.39 is 10.0 Å². The highest BCUT2D eigenvalue weighted by molar-refractivity contribution is 7.89. The summed E-state index contributed by atoms with van der Waals surface area (Å²) >= 11 is 0. The van der Waals surface area contributed by atoms with Crippen molar-refractivity contribution in [2.45, 2.75) is 37.6 Å². The van der Waals surface area contributed by atoms with Gasteiger partial charge in [0.25, 0.3) is 0 Å². The molecule has 0 saturated heterocycles. The van der Waals surface area contributed by atoms with Crippen LogP contribution < -0.4 is 5.32 Å². The Hall–Kier alpha value is -2.18. The van der Waals surface area contributed by atoms with Crippen LogP contribution in [0.15, 0.2) is 59.5 Å². The monoisotopic (exact) mass is 374 g/mol. The van der Waals surface area contributed by atoms with E-state index in [4.69, 9.17) is 0 Å². The van der Waals surface area contributed by atoms with E-state index >= 15 is 0 Å². The van der Waals surface area contributed by atoms with Crippen LogP contribution in [-0.2, 0) is 21.2 Å². The molecule has 140 valence electrons. The van der Waals surface area contributed by atoms with Gasteiger partial charge in [-0.1, -0.05) is 48.0 Å². The lowest BCUT2D eigenvalue weighted by Gasteiger charge is -2.19. The van der Waals surface area contributed by atoms with E-state index in [1.807, 2.05) is 32.0 Å². The topological polar surface area (TPSA) is 66.5 Å². The first-order chi connectivity index (χ1) is 12.3. The molecule has 0 spiro atoms. The second-order valence-corrected chi connectivity index (χ2v) is 8.61. The highest BCUT2D eigenvalue weighted by Gasteiger charge is 2.23. The van der Waals surface area contributed by atoms with Crippen LogP contribution >= 0.6 is 0 Å². The number of benzene rings is 2. The van der Waals surface area contributed by atoms with Crippen LogP contribution in [0.1, 0.15) is 24.5 Å². The van der Waals surface area contributed by atoms with E-state index in [1.54, 1.807) is 24.3 Å². The number of rotatable bonds is 8. The molecule has 0 aliphatic heterocycles. The number of likely N-dealkylation sites (N-methyl/N-ethyl adjacent to an activating group) is 1. The molecule has 0 aliphatic rings. The maximum atomic E-state index is 12.5. The SMILES string of the molecule is Cc1ccc(S(=O)(=O)N(C)CC(=O)N[C@H](C)CCc2ccccc2)cc1. The lowest BCUT2D eigenvalue weighted by molar-refractivity contribution is -0.121. The number of nitrogens with one attached hydrogen (secondary N) is 1. The molecule has 0 fully saturated rings. The third kappa shape index (κ3) is 5.68. The highest BCUT2D eigenvalue weighted by atomic mass is 32.2. The largest absolute Gasteiger partial charge is 0.352 e. The molecule has 0 unspecified atom stereocenters. The fraction of sp³-hybridized carbons (Fsp3) is 0.350. The predicted octanol–water partition coefficient (Wildman–Crippen LogP) is 2.75. The molecule has 0 saturated carbocycles. The second-order valence-electron chi connectivity index (χ2n) is 6.57. The zero-order valence-corrected chi connectivity index (χ0v) is 16.3. The number of sulfonamides is 1. The predicted molar refractivity (Wildman–Crippen MR) is 103 cm³/mol. The molecule has 1 N–H and O–H groups in total. The number of amides is 1. The van der Waals surface area contributed by atoms with Gasteiger partial charge in [0.05, 0.1) is 11.4 Å². The van der Waals surface area contributed by atoms with Crippen LogP contribution in [0.2, 0.25) is 0 Å². The Morgan fingerprint density at radius 3 is 2.31 bits per heavy atom. The van der Waals surface area contributed by atoms with Crippen molar-refractivity contribution in [3.8, 4) is 0 Å². The van der Waals surface area contributed by atoms with Gasteiger partial charge in [0, 0.05) is 13.1 Å². The van der Waals surface area contributed by atoms with Gasteiger partial charge < -0.3 is 5.32 Å². The summed E-state index contributed by atoms with van der Waals surface area (Å²) in [6.07, 6.45) is 1.66. The maximum Gasteiger partial charge on any atom is 0.243 e. The van der Waals surface area contributed by atoms with Crippen LogP contribution in [0, 0.1) is 6.92 Å². The first kappa shape index (κ1) is 20.1. The zero-order chi connectivity index (χ0) is 19.2. The van der Waals surface area contributed by atoms with Gasteiger partial charge in [-0.05, 0) is 44.4 Å². The van der Waals surface area contributed by atoms with Crippen molar-refractivity contribution in [1.82, 2.24) is 9.62 Å². The van der Waals surface area contributed by atoms with Crippen molar-refractivity contribution in [1.29, 1.82) is 0 Å². The Morgan fingerprint density at radius 1 is 1.08 bits per heavy atom. The van der Waals surface area contributed by atoms with E-state index in [9.17, 15) is 13.2 Å². The first-order valence-electron chi connectivity index (χ1n) is 8.65. The minimum absolute atomic E-state index is 0.0295. The average molecular weight is 375 g/mol. The molecule has 0 aromatic heterocycles. The molecular weight excluding hydrogens is 348 g/mol. The molecule has 0 aliphatic carbocycles. The van der Waals surface area contributed by atoms with E-state index in [-0.39, 0.29) is 23.4 Å². The normalized spacial score (nSPS) is 12.8. The number of carbonyl (C=O) groups is 1. The van der Waals surface area contributed by atoms with Gasteiger partial charge in [-0.3, -0.25) is 4.79 Å². The van der Waals surface area contributed by atoms with E-state index in [1.165, 1.54) is 12.6 Å². The smallest absolute Gasteiger partial charge is 0.243 e. The van der Waals surface area contributed by atoms with Gasteiger partial charge >= 0.3 is 0 Å². The third-order valence-corrected chi connectivity index (χ3v) is 6.03. The molecule has 2 aromatic carbocycles. The highest BCUT2D eigenvalue weighted by Crippen LogP contribution is 2.14. The van der Waals surface area contributed by atoms with Crippen LogP contribution in [0.25, 0.3) is 0 Å².